The quantitative estimate of drug-likeness (QED) is 0.715. The first kappa shape index (κ1) is 8.75. The Morgan fingerprint density at radius 2 is 1.71 bits per heavy atom. The monoisotopic (exact) mass is 193 g/mol. The summed E-state index contributed by atoms with van der Waals surface area (Å²) >= 11 is 0. The lowest BCUT2D eigenvalue weighted by Gasteiger charge is -2.41. The predicted octanol–water partition coefficient (Wildman–Crippen LogP) is 2.09. The van der Waals surface area contributed by atoms with Gasteiger partial charge in [0.05, 0.1) is 0 Å². The number of amides is 1. The van der Waals surface area contributed by atoms with Crippen molar-refractivity contribution in [1.82, 2.24) is 5.32 Å². The lowest BCUT2D eigenvalue weighted by molar-refractivity contribution is -0.130. The largest absolute Gasteiger partial charge is 0.353 e. The van der Waals surface area contributed by atoms with Crippen LogP contribution in [0.15, 0.2) is 0 Å². The van der Waals surface area contributed by atoms with Gasteiger partial charge in [0.2, 0.25) is 5.91 Å². The summed E-state index contributed by atoms with van der Waals surface area (Å²) in [7, 11) is 0. The normalized spacial score (nSPS) is 41.0. The van der Waals surface area contributed by atoms with Crippen LogP contribution in [0.2, 0.25) is 0 Å². The van der Waals surface area contributed by atoms with E-state index in [0.29, 0.717) is 17.9 Å². The van der Waals surface area contributed by atoms with Gasteiger partial charge < -0.3 is 5.32 Å². The van der Waals surface area contributed by atoms with Gasteiger partial charge in [0.15, 0.2) is 0 Å². The van der Waals surface area contributed by atoms with Crippen LogP contribution in [0.3, 0.4) is 0 Å². The van der Waals surface area contributed by atoms with Gasteiger partial charge in [-0.1, -0.05) is 12.8 Å². The number of carbonyl (C=O) groups is 1. The maximum Gasteiger partial charge on any atom is 0.223 e. The summed E-state index contributed by atoms with van der Waals surface area (Å²) in [5.41, 5.74) is 0. The fourth-order valence-electron chi connectivity index (χ4n) is 3.23. The van der Waals surface area contributed by atoms with E-state index in [0.717, 1.165) is 11.8 Å². The minimum absolute atomic E-state index is 0.377. The van der Waals surface area contributed by atoms with E-state index in [-0.39, 0.29) is 0 Å². The fourth-order valence-corrected chi connectivity index (χ4v) is 3.23. The predicted molar refractivity (Wildman–Crippen MR) is 54.7 cm³/mol. The Kier molecular flexibility index (Phi) is 2.03. The van der Waals surface area contributed by atoms with E-state index in [1.54, 1.807) is 0 Å². The molecule has 14 heavy (non-hydrogen) atoms. The molecule has 0 aromatic carbocycles. The third-order valence-electron chi connectivity index (χ3n) is 4.31. The molecule has 0 spiro atoms. The Morgan fingerprint density at radius 1 is 1.00 bits per heavy atom. The highest BCUT2D eigenvalue weighted by atomic mass is 16.2. The van der Waals surface area contributed by atoms with Crippen LogP contribution in [-0.2, 0) is 4.79 Å². The molecule has 1 N–H and O–H groups in total. The Bertz CT molecular complexity index is 239. The molecule has 4 saturated carbocycles. The molecule has 0 heterocycles. The molecule has 4 aliphatic carbocycles. The van der Waals surface area contributed by atoms with Gasteiger partial charge in [0, 0.05) is 12.0 Å². The summed E-state index contributed by atoms with van der Waals surface area (Å²) in [6.07, 6.45) is 9.01. The molecule has 4 rings (SSSR count). The first-order chi connectivity index (χ1) is 6.83. The second-order valence-corrected chi connectivity index (χ2v) is 5.41. The summed E-state index contributed by atoms with van der Waals surface area (Å²) in [5.74, 6) is 2.35. The maximum absolute atomic E-state index is 11.9. The third kappa shape index (κ3) is 1.55. The zero-order valence-corrected chi connectivity index (χ0v) is 8.67. The van der Waals surface area contributed by atoms with E-state index in [9.17, 15) is 4.79 Å². The molecule has 0 aliphatic heterocycles. The van der Waals surface area contributed by atoms with Crippen molar-refractivity contribution in [3.05, 3.63) is 0 Å². The molecule has 2 nitrogen and oxygen atoms in total. The molecule has 0 aromatic rings. The van der Waals surface area contributed by atoms with Crippen molar-refractivity contribution in [2.24, 2.45) is 17.8 Å². The third-order valence-corrected chi connectivity index (χ3v) is 4.31. The smallest absolute Gasteiger partial charge is 0.223 e. The van der Waals surface area contributed by atoms with Gasteiger partial charge in [-0.2, -0.15) is 0 Å². The Labute approximate surface area is 85.4 Å². The first-order valence-corrected chi connectivity index (χ1v) is 6.13. The van der Waals surface area contributed by atoms with Crippen molar-refractivity contribution < 1.29 is 4.79 Å². The van der Waals surface area contributed by atoms with Gasteiger partial charge in [-0.15, -0.1) is 0 Å². The van der Waals surface area contributed by atoms with E-state index < -0.39 is 0 Å². The SMILES string of the molecule is O=C(NC1CC1)C1CC2CCC1CC2. The summed E-state index contributed by atoms with van der Waals surface area (Å²) in [6, 6.07) is 0.544. The molecule has 1 unspecified atom stereocenters. The van der Waals surface area contributed by atoms with Crippen LogP contribution >= 0.6 is 0 Å². The van der Waals surface area contributed by atoms with Crippen LogP contribution in [-0.4, -0.2) is 11.9 Å². The molecule has 2 heteroatoms. The van der Waals surface area contributed by atoms with Crippen molar-refractivity contribution in [1.29, 1.82) is 0 Å². The average Bonchev–Trinajstić information content (AvgIpc) is 3.03. The molecular formula is C12H19NO. The highest BCUT2D eigenvalue weighted by molar-refractivity contribution is 5.79. The second-order valence-electron chi connectivity index (χ2n) is 5.41. The number of nitrogens with one attached hydrogen (secondary N) is 1. The lowest BCUT2D eigenvalue weighted by Crippen LogP contribution is -2.42. The van der Waals surface area contributed by atoms with Gasteiger partial charge in [0.1, 0.15) is 0 Å². The van der Waals surface area contributed by atoms with Crippen molar-refractivity contribution >= 4 is 5.91 Å². The lowest BCUT2D eigenvalue weighted by atomic mass is 9.64. The van der Waals surface area contributed by atoms with E-state index in [1.807, 2.05) is 0 Å². The molecule has 2 bridgehead atoms. The zero-order chi connectivity index (χ0) is 9.54. The molecule has 4 aliphatic rings. The van der Waals surface area contributed by atoms with Crippen LogP contribution in [0, 0.1) is 17.8 Å². The first-order valence-electron chi connectivity index (χ1n) is 6.13. The van der Waals surface area contributed by atoms with Crippen LogP contribution in [0.25, 0.3) is 0 Å². The summed E-state index contributed by atoms with van der Waals surface area (Å²) < 4.78 is 0. The molecular weight excluding hydrogens is 174 g/mol. The van der Waals surface area contributed by atoms with Crippen LogP contribution in [0.5, 0.6) is 0 Å². The number of rotatable bonds is 2. The summed E-state index contributed by atoms with van der Waals surface area (Å²) in [6.45, 7) is 0. The van der Waals surface area contributed by atoms with E-state index in [1.165, 1.54) is 44.9 Å². The highest BCUT2D eigenvalue weighted by Crippen LogP contribution is 2.45. The number of hydrogen-bond donors (Lipinski definition) is 1. The molecule has 1 amide bonds. The summed E-state index contributed by atoms with van der Waals surface area (Å²) in [5, 5.41) is 3.17. The Hall–Kier alpha value is -0.530. The van der Waals surface area contributed by atoms with Crippen molar-refractivity contribution in [2.45, 2.75) is 51.0 Å². The maximum atomic E-state index is 11.9. The number of hydrogen-bond acceptors (Lipinski definition) is 1. The van der Waals surface area contributed by atoms with Gasteiger partial charge in [-0.05, 0) is 43.9 Å². The minimum atomic E-state index is 0.377. The topological polar surface area (TPSA) is 29.1 Å². The molecule has 1 atom stereocenters. The molecule has 4 fully saturated rings. The number of fused-ring (bicyclic) bond motifs is 3. The fraction of sp³-hybridized carbons (Fsp3) is 0.917. The second kappa shape index (κ2) is 3.25. The van der Waals surface area contributed by atoms with E-state index in [4.69, 9.17) is 0 Å². The minimum Gasteiger partial charge on any atom is -0.353 e. The van der Waals surface area contributed by atoms with Crippen LogP contribution in [0.1, 0.15) is 44.9 Å². The highest BCUT2D eigenvalue weighted by Gasteiger charge is 2.40. The van der Waals surface area contributed by atoms with Gasteiger partial charge in [-0.25, -0.2) is 0 Å². The van der Waals surface area contributed by atoms with Crippen molar-refractivity contribution in [3.8, 4) is 0 Å². The zero-order valence-electron chi connectivity index (χ0n) is 8.67. The molecule has 78 valence electrons. The number of carbonyl (C=O) groups excluding carboxylic acids is 1. The molecule has 0 aromatic heterocycles. The molecule has 0 saturated heterocycles. The van der Waals surface area contributed by atoms with Gasteiger partial charge in [0.25, 0.3) is 0 Å². The van der Waals surface area contributed by atoms with Crippen molar-refractivity contribution in [2.75, 3.05) is 0 Å². The van der Waals surface area contributed by atoms with Crippen molar-refractivity contribution in [3.63, 3.8) is 0 Å². The Morgan fingerprint density at radius 3 is 2.21 bits per heavy atom. The average molecular weight is 193 g/mol. The van der Waals surface area contributed by atoms with Crippen LogP contribution in [0.4, 0.5) is 0 Å². The standard InChI is InChI=1S/C12H19NO/c14-12(13-10-5-6-10)11-7-8-1-3-9(11)4-2-8/h8-11H,1-7H2,(H,13,14). The van der Waals surface area contributed by atoms with Crippen LogP contribution < -0.4 is 5.32 Å². The van der Waals surface area contributed by atoms with Gasteiger partial charge in [-0.3, -0.25) is 4.79 Å². The van der Waals surface area contributed by atoms with E-state index in [2.05, 4.69) is 5.32 Å². The summed E-state index contributed by atoms with van der Waals surface area (Å²) in [4.78, 5) is 11.9. The van der Waals surface area contributed by atoms with Gasteiger partial charge >= 0.3 is 0 Å². The Balaban J connectivity index is 1.63. The molecule has 0 radical (unpaired) electrons. The van der Waals surface area contributed by atoms with E-state index >= 15 is 0 Å².